The maximum absolute atomic E-state index is 13.0. The number of carbonyl (C=O) groups excluding carboxylic acids is 1. The van der Waals surface area contributed by atoms with Crippen LogP contribution in [0.25, 0.3) is 5.70 Å². The highest BCUT2D eigenvalue weighted by atomic mass is 32.2. The van der Waals surface area contributed by atoms with Gasteiger partial charge < -0.3 is 0 Å². The quantitative estimate of drug-likeness (QED) is 0.820. The lowest BCUT2D eigenvalue weighted by molar-refractivity contribution is -0.116. The van der Waals surface area contributed by atoms with E-state index in [1.54, 1.807) is 11.1 Å². The van der Waals surface area contributed by atoms with Crippen LogP contribution in [0.3, 0.4) is 0 Å². The van der Waals surface area contributed by atoms with E-state index in [-0.39, 0.29) is 12.1 Å². The van der Waals surface area contributed by atoms with Gasteiger partial charge in [-0.1, -0.05) is 53.7 Å². The number of amidine groups is 1. The Kier molecular flexibility index (Phi) is 4.81. The standard InChI is InChI=1S/C22H22N4OS/c1-5-10-28-22-24-21(27)19-16-8-6-7-9-17(16)23-20(26(19)25-22)18-14(3)11-13(2)12-15(18)4/h5-9,11-12,20H,1,10H2,2-4H3,(H,24,25,27). The highest BCUT2D eigenvalue weighted by Crippen LogP contribution is 2.34. The molecular weight excluding hydrogens is 368 g/mol. The van der Waals surface area contributed by atoms with E-state index in [0.29, 0.717) is 16.6 Å². The molecule has 1 atom stereocenters. The molecule has 0 fully saturated rings. The number of hydrogen-bond acceptors (Lipinski definition) is 5. The summed E-state index contributed by atoms with van der Waals surface area (Å²) >= 11 is 1.45. The molecular formula is C22H22N4OS. The number of para-hydroxylation sites is 1. The first-order valence-electron chi connectivity index (χ1n) is 9.17. The van der Waals surface area contributed by atoms with Crippen LogP contribution in [-0.2, 0) is 4.79 Å². The van der Waals surface area contributed by atoms with E-state index < -0.39 is 0 Å². The summed E-state index contributed by atoms with van der Waals surface area (Å²) in [6, 6.07) is 12.0. The van der Waals surface area contributed by atoms with Crippen LogP contribution in [0.2, 0.25) is 0 Å². The Labute approximate surface area is 168 Å². The van der Waals surface area contributed by atoms with E-state index in [2.05, 4.69) is 44.8 Å². The Bertz CT molecular complexity index is 1110. The zero-order chi connectivity index (χ0) is 19.8. The largest absolute Gasteiger partial charge is 0.298 e. The Balaban J connectivity index is 1.96. The third-order valence-electron chi connectivity index (χ3n) is 4.85. The SMILES string of the molecule is C=CCSC1=NN2C(=c3ccccc3=NC2c2c(C)cc(C)cc2C)C(=O)N1. The summed E-state index contributed by atoms with van der Waals surface area (Å²) in [5.41, 5.74) is 5.13. The van der Waals surface area contributed by atoms with Gasteiger partial charge in [0.1, 0.15) is 5.70 Å². The van der Waals surface area contributed by atoms with Crippen LogP contribution in [-0.4, -0.2) is 21.8 Å². The van der Waals surface area contributed by atoms with E-state index in [4.69, 9.17) is 10.1 Å². The topological polar surface area (TPSA) is 57.1 Å². The van der Waals surface area contributed by atoms with Crippen LogP contribution in [0.15, 0.2) is 59.1 Å². The van der Waals surface area contributed by atoms with Gasteiger partial charge in [0.25, 0.3) is 5.91 Å². The molecule has 6 heteroatoms. The maximum atomic E-state index is 13.0. The minimum absolute atomic E-state index is 0.156. The third kappa shape index (κ3) is 3.14. The number of nitrogens with zero attached hydrogens (tertiary/aromatic N) is 3. The molecule has 5 nitrogen and oxygen atoms in total. The van der Waals surface area contributed by atoms with Gasteiger partial charge in [-0.2, -0.15) is 0 Å². The van der Waals surface area contributed by atoms with Crippen molar-refractivity contribution < 1.29 is 4.79 Å². The van der Waals surface area contributed by atoms with Gasteiger partial charge >= 0.3 is 0 Å². The lowest BCUT2D eigenvalue weighted by atomic mass is 9.96. The molecule has 4 rings (SSSR count). The lowest BCUT2D eigenvalue weighted by Gasteiger charge is -2.35. The summed E-state index contributed by atoms with van der Waals surface area (Å²) in [6.07, 6.45) is 1.41. The molecule has 0 spiro atoms. The fourth-order valence-electron chi connectivity index (χ4n) is 3.82. The van der Waals surface area contributed by atoms with Gasteiger partial charge in [-0.15, -0.1) is 11.7 Å². The lowest BCUT2D eigenvalue weighted by Crippen LogP contribution is -2.50. The van der Waals surface area contributed by atoms with E-state index in [1.807, 2.05) is 24.3 Å². The summed E-state index contributed by atoms with van der Waals surface area (Å²) in [4.78, 5) is 18.0. The molecule has 2 aromatic carbocycles. The molecule has 1 N–H and O–H groups in total. The summed E-state index contributed by atoms with van der Waals surface area (Å²) in [7, 11) is 0. The highest BCUT2D eigenvalue weighted by molar-refractivity contribution is 8.14. The minimum atomic E-state index is -0.379. The Morgan fingerprint density at radius 1 is 1.21 bits per heavy atom. The van der Waals surface area contributed by atoms with Crippen molar-refractivity contribution in [2.45, 2.75) is 26.9 Å². The first-order chi connectivity index (χ1) is 13.5. The van der Waals surface area contributed by atoms with Gasteiger partial charge in [-0.25, -0.2) is 5.01 Å². The normalized spacial score (nSPS) is 17.9. The zero-order valence-corrected chi connectivity index (χ0v) is 17.0. The van der Waals surface area contributed by atoms with Gasteiger partial charge in [0.2, 0.25) is 0 Å². The molecule has 2 aromatic rings. The van der Waals surface area contributed by atoms with Crippen LogP contribution < -0.4 is 15.9 Å². The van der Waals surface area contributed by atoms with Crippen molar-refractivity contribution in [2.24, 2.45) is 10.1 Å². The van der Waals surface area contributed by atoms with E-state index in [9.17, 15) is 4.79 Å². The molecule has 28 heavy (non-hydrogen) atoms. The van der Waals surface area contributed by atoms with Gasteiger partial charge in [-0.3, -0.25) is 15.1 Å². The van der Waals surface area contributed by atoms with Crippen LogP contribution in [0.4, 0.5) is 0 Å². The van der Waals surface area contributed by atoms with Crippen LogP contribution in [0.5, 0.6) is 0 Å². The monoisotopic (exact) mass is 390 g/mol. The van der Waals surface area contributed by atoms with Crippen molar-refractivity contribution >= 4 is 28.5 Å². The van der Waals surface area contributed by atoms with Gasteiger partial charge in [-0.05, 0) is 38.0 Å². The van der Waals surface area contributed by atoms with Crippen molar-refractivity contribution in [3.05, 3.63) is 81.9 Å². The van der Waals surface area contributed by atoms with Crippen molar-refractivity contribution in [2.75, 3.05) is 5.75 Å². The van der Waals surface area contributed by atoms with Crippen LogP contribution in [0.1, 0.15) is 28.4 Å². The molecule has 0 saturated carbocycles. The number of benzene rings is 2. The molecule has 142 valence electrons. The van der Waals surface area contributed by atoms with E-state index in [1.165, 1.54) is 17.3 Å². The highest BCUT2D eigenvalue weighted by Gasteiger charge is 2.35. The van der Waals surface area contributed by atoms with Crippen LogP contribution in [0, 0.1) is 20.8 Å². The fourth-order valence-corrected chi connectivity index (χ4v) is 4.40. The van der Waals surface area contributed by atoms with E-state index >= 15 is 0 Å². The molecule has 2 heterocycles. The summed E-state index contributed by atoms with van der Waals surface area (Å²) in [5, 5.41) is 11.6. The molecule has 0 radical (unpaired) electrons. The number of fused-ring (bicyclic) bond motifs is 2. The fraction of sp³-hybridized carbons (Fsp3) is 0.227. The molecule has 0 saturated heterocycles. The molecule has 0 aromatic heterocycles. The minimum Gasteiger partial charge on any atom is -0.298 e. The van der Waals surface area contributed by atoms with Crippen LogP contribution >= 0.6 is 11.8 Å². The molecule has 2 aliphatic rings. The molecule has 0 aliphatic carbocycles. The average molecular weight is 391 g/mol. The predicted octanol–water partition coefficient (Wildman–Crippen LogP) is 2.67. The third-order valence-corrected chi connectivity index (χ3v) is 5.71. The Morgan fingerprint density at radius 3 is 2.64 bits per heavy atom. The second-order valence-corrected chi connectivity index (χ2v) is 7.99. The summed E-state index contributed by atoms with van der Waals surface area (Å²) in [5.74, 6) is 0.514. The number of nitrogens with one attached hydrogen (secondary N) is 1. The smallest absolute Gasteiger partial charge is 0.276 e. The Morgan fingerprint density at radius 2 is 1.93 bits per heavy atom. The average Bonchev–Trinajstić information content (AvgIpc) is 2.65. The summed E-state index contributed by atoms with van der Waals surface area (Å²) in [6.45, 7) is 10.0. The van der Waals surface area contributed by atoms with Crippen molar-refractivity contribution in [1.29, 1.82) is 0 Å². The van der Waals surface area contributed by atoms with E-state index in [0.717, 1.165) is 27.3 Å². The number of carbonyl (C=O) groups is 1. The number of hydrogen-bond donors (Lipinski definition) is 1. The molecule has 0 bridgehead atoms. The first kappa shape index (κ1) is 18.5. The molecule has 1 unspecified atom stereocenters. The van der Waals surface area contributed by atoms with Gasteiger partial charge in [0.05, 0.1) is 5.36 Å². The number of hydrazone groups is 1. The van der Waals surface area contributed by atoms with Crippen molar-refractivity contribution in [3.8, 4) is 0 Å². The number of rotatable bonds is 3. The number of amides is 1. The first-order valence-corrected chi connectivity index (χ1v) is 10.2. The second-order valence-electron chi connectivity index (χ2n) is 6.98. The number of aryl methyl sites for hydroxylation is 3. The maximum Gasteiger partial charge on any atom is 0.276 e. The molecule has 1 amide bonds. The van der Waals surface area contributed by atoms with Gasteiger partial charge in [0.15, 0.2) is 11.3 Å². The van der Waals surface area contributed by atoms with Crippen molar-refractivity contribution in [1.82, 2.24) is 10.3 Å². The van der Waals surface area contributed by atoms with Crippen molar-refractivity contribution in [3.63, 3.8) is 0 Å². The molecule has 2 aliphatic heterocycles. The zero-order valence-electron chi connectivity index (χ0n) is 16.2. The predicted molar refractivity (Wildman–Crippen MR) is 114 cm³/mol. The van der Waals surface area contributed by atoms with Gasteiger partial charge in [0, 0.05) is 16.5 Å². The summed E-state index contributed by atoms with van der Waals surface area (Å²) < 4.78 is 0. The Hall–Kier alpha value is -2.86. The second kappa shape index (κ2) is 7.28. The number of thioether (sulfide) groups is 1.